The van der Waals surface area contributed by atoms with Crippen molar-refractivity contribution in [1.82, 2.24) is 19.7 Å². The third-order valence-corrected chi connectivity index (χ3v) is 5.28. The van der Waals surface area contributed by atoms with E-state index >= 15 is 0 Å². The topological polar surface area (TPSA) is 95.1 Å². The molecule has 0 N–H and O–H groups in total. The van der Waals surface area contributed by atoms with Crippen molar-refractivity contribution in [2.75, 3.05) is 24.5 Å². The number of anilines is 1. The predicted octanol–water partition coefficient (Wildman–Crippen LogP) is 2.82. The molecule has 0 aliphatic carbocycles. The molecule has 1 aliphatic rings. The first-order valence-corrected chi connectivity index (χ1v) is 10.0. The minimum atomic E-state index is -0.299. The lowest BCUT2D eigenvalue weighted by Crippen LogP contribution is -2.46. The molecule has 1 unspecified atom stereocenters. The van der Waals surface area contributed by atoms with Gasteiger partial charge in [0.15, 0.2) is 5.15 Å². The number of aromatic nitrogens is 3. The normalized spacial score (nSPS) is 16.3. The molecule has 1 atom stereocenters. The van der Waals surface area contributed by atoms with Crippen molar-refractivity contribution in [3.63, 3.8) is 0 Å². The molecule has 9 heteroatoms. The standard InChI is InChI=1S/C20H23ClN6O2/c1-2-26(17-14-27(24-19(17)21)16-7-4-10-23-12-16)20(29)15-6-5-11-25(13-15)18(28)8-3-9-22/h4,7,10,12,14-15H,2-3,5-6,8,11,13H2,1H3. The zero-order valence-corrected chi connectivity index (χ0v) is 17.0. The maximum atomic E-state index is 13.2. The van der Waals surface area contributed by atoms with Crippen molar-refractivity contribution in [3.05, 3.63) is 35.9 Å². The Hall–Kier alpha value is -2.92. The Morgan fingerprint density at radius 3 is 2.97 bits per heavy atom. The summed E-state index contributed by atoms with van der Waals surface area (Å²) in [6.45, 7) is 3.32. The second-order valence-corrected chi connectivity index (χ2v) is 7.24. The average molecular weight is 415 g/mol. The van der Waals surface area contributed by atoms with Gasteiger partial charge in [-0.05, 0) is 31.9 Å². The van der Waals surface area contributed by atoms with Crippen molar-refractivity contribution in [2.45, 2.75) is 32.6 Å². The van der Waals surface area contributed by atoms with Crippen LogP contribution in [0.2, 0.25) is 5.15 Å². The second-order valence-electron chi connectivity index (χ2n) is 6.88. The molecule has 152 valence electrons. The first-order chi connectivity index (χ1) is 14.0. The molecule has 29 heavy (non-hydrogen) atoms. The second kappa shape index (κ2) is 9.52. The maximum absolute atomic E-state index is 13.2. The molecule has 2 amide bonds. The van der Waals surface area contributed by atoms with E-state index in [1.165, 1.54) is 0 Å². The summed E-state index contributed by atoms with van der Waals surface area (Å²) in [5.41, 5.74) is 1.28. The van der Waals surface area contributed by atoms with Crippen LogP contribution in [0.25, 0.3) is 5.69 Å². The van der Waals surface area contributed by atoms with Crippen LogP contribution < -0.4 is 4.90 Å². The first kappa shape index (κ1) is 20.8. The third kappa shape index (κ3) is 4.74. The van der Waals surface area contributed by atoms with Crippen LogP contribution in [-0.2, 0) is 9.59 Å². The van der Waals surface area contributed by atoms with Gasteiger partial charge in [0.2, 0.25) is 11.8 Å². The van der Waals surface area contributed by atoms with E-state index in [-0.39, 0.29) is 35.7 Å². The van der Waals surface area contributed by atoms with Crippen LogP contribution in [0.1, 0.15) is 32.6 Å². The van der Waals surface area contributed by atoms with Crippen LogP contribution in [0, 0.1) is 17.2 Å². The molecule has 2 aromatic heterocycles. The highest BCUT2D eigenvalue weighted by atomic mass is 35.5. The van der Waals surface area contributed by atoms with Crippen molar-refractivity contribution in [3.8, 4) is 11.8 Å². The smallest absolute Gasteiger partial charge is 0.232 e. The van der Waals surface area contributed by atoms with Crippen molar-refractivity contribution < 1.29 is 9.59 Å². The van der Waals surface area contributed by atoms with Crippen LogP contribution in [0.5, 0.6) is 0 Å². The molecule has 0 spiro atoms. The quantitative estimate of drug-likeness (QED) is 0.724. The summed E-state index contributed by atoms with van der Waals surface area (Å²) < 4.78 is 1.60. The van der Waals surface area contributed by atoms with Crippen molar-refractivity contribution in [1.29, 1.82) is 5.26 Å². The minimum absolute atomic E-state index is 0.0714. The van der Waals surface area contributed by atoms with Crippen molar-refractivity contribution >= 4 is 29.1 Å². The van der Waals surface area contributed by atoms with Gasteiger partial charge in [0.1, 0.15) is 5.69 Å². The molecule has 0 aromatic carbocycles. The van der Waals surface area contributed by atoms with Gasteiger partial charge in [0, 0.05) is 38.7 Å². The molecule has 8 nitrogen and oxygen atoms in total. The number of carbonyl (C=O) groups excluding carboxylic acids is 2. The van der Waals surface area contributed by atoms with E-state index in [1.54, 1.807) is 39.1 Å². The Balaban J connectivity index is 1.76. The van der Waals surface area contributed by atoms with Gasteiger partial charge in [-0.15, -0.1) is 0 Å². The zero-order chi connectivity index (χ0) is 20.8. The number of amides is 2. The minimum Gasteiger partial charge on any atom is -0.342 e. The fraction of sp³-hybridized carbons (Fsp3) is 0.450. The number of rotatable bonds is 6. The highest BCUT2D eigenvalue weighted by Crippen LogP contribution is 2.29. The van der Waals surface area contributed by atoms with E-state index in [9.17, 15) is 9.59 Å². The molecule has 1 aliphatic heterocycles. The third-order valence-electron chi connectivity index (χ3n) is 5.01. The molecule has 1 saturated heterocycles. The highest BCUT2D eigenvalue weighted by molar-refractivity contribution is 6.32. The van der Waals surface area contributed by atoms with Gasteiger partial charge >= 0.3 is 0 Å². The van der Waals surface area contributed by atoms with Gasteiger partial charge < -0.3 is 9.80 Å². The van der Waals surface area contributed by atoms with Gasteiger partial charge in [-0.2, -0.15) is 10.4 Å². The van der Waals surface area contributed by atoms with Gasteiger partial charge in [-0.1, -0.05) is 11.6 Å². The lowest BCUT2D eigenvalue weighted by molar-refractivity contribution is -0.135. The number of likely N-dealkylation sites (tertiary alicyclic amines) is 1. The molecule has 0 saturated carbocycles. The Bertz CT molecular complexity index is 907. The molecular formula is C20H23ClN6O2. The molecule has 1 fully saturated rings. The molecule has 0 radical (unpaired) electrons. The van der Waals surface area contributed by atoms with Gasteiger partial charge in [-0.25, -0.2) is 4.68 Å². The number of halogens is 1. The van der Waals surface area contributed by atoms with E-state index in [1.807, 2.05) is 19.1 Å². The van der Waals surface area contributed by atoms with Crippen LogP contribution >= 0.6 is 11.6 Å². The number of nitrogens with zero attached hydrogens (tertiary/aromatic N) is 6. The first-order valence-electron chi connectivity index (χ1n) is 9.66. The van der Waals surface area contributed by atoms with Crippen LogP contribution in [-0.4, -0.2) is 51.1 Å². The summed E-state index contributed by atoms with van der Waals surface area (Å²) in [5, 5.41) is 13.2. The summed E-state index contributed by atoms with van der Waals surface area (Å²) >= 11 is 6.35. The number of nitriles is 1. The summed E-state index contributed by atoms with van der Waals surface area (Å²) in [7, 11) is 0. The monoisotopic (exact) mass is 414 g/mol. The van der Waals surface area contributed by atoms with E-state index in [4.69, 9.17) is 16.9 Å². The fourth-order valence-corrected chi connectivity index (χ4v) is 3.77. The molecular weight excluding hydrogens is 392 g/mol. The van der Waals surface area contributed by atoms with Crippen molar-refractivity contribution in [2.24, 2.45) is 5.92 Å². The van der Waals surface area contributed by atoms with Crippen LogP contribution in [0.4, 0.5) is 5.69 Å². The summed E-state index contributed by atoms with van der Waals surface area (Å²) in [5.74, 6) is -0.444. The largest absolute Gasteiger partial charge is 0.342 e. The summed E-state index contributed by atoms with van der Waals surface area (Å²) in [6.07, 6.45) is 6.91. The number of hydrogen-bond donors (Lipinski definition) is 0. The number of hydrogen-bond acceptors (Lipinski definition) is 5. The van der Waals surface area contributed by atoms with E-state index < -0.39 is 0 Å². The number of pyridine rings is 1. The molecule has 3 rings (SSSR count). The summed E-state index contributed by atoms with van der Waals surface area (Å²) in [6, 6.07) is 5.64. The molecule has 2 aromatic rings. The Labute approximate surface area is 174 Å². The average Bonchev–Trinajstić information content (AvgIpc) is 3.14. The Morgan fingerprint density at radius 2 is 2.28 bits per heavy atom. The van der Waals surface area contributed by atoms with Gasteiger partial charge in [-0.3, -0.25) is 14.6 Å². The zero-order valence-electron chi connectivity index (χ0n) is 16.3. The SMILES string of the molecule is CCN(C(=O)C1CCCN(C(=O)CCC#N)C1)c1cn(-c2cccnc2)nc1Cl. The number of piperidine rings is 1. The Morgan fingerprint density at radius 1 is 1.45 bits per heavy atom. The van der Waals surface area contributed by atoms with E-state index in [0.29, 0.717) is 31.7 Å². The predicted molar refractivity (Wildman–Crippen MR) is 109 cm³/mol. The fourth-order valence-electron chi connectivity index (χ4n) is 3.54. The van der Waals surface area contributed by atoms with Crippen LogP contribution in [0.15, 0.2) is 30.7 Å². The molecule has 0 bridgehead atoms. The maximum Gasteiger partial charge on any atom is 0.232 e. The van der Waals surface area contributed by atoms with Gasteiger partial charge in [0.05, 0.1) is 30.1 Å². The van der Waals surface area contributed by atoms with Gasteiger partial charge in [0.25, 0.3) is 0 Å². The lowest BCUT2D eigenvalue weighted by Gasteiger charge is -2.34. The molecule has 3 heterocycles. The van der Waals surface area contributed by atoms with E-state index in [0.717, 1.165) is 12.1 Å². The highest BCUT2D eigenvalue weighted by Gasteiger charge is 2.32. The Kier molecular flexibility index (Phi) is 6.83. The summed E-state index contributed by atoms with van der Waals surface area (Å²) in [4.78, 5) is 32.9. The van der Waals surface area contributed by atoms with Crippen LogP contribution in [0.3, 0.4) is 0 Å². The van der Waals surface area contributed by atoms with E-state index in [2.05, 4.69) is 10.1 Å². The number of carbonyl (C=O) groups is 2. The lowest BCUT2D eigenvalue weighted by atomic mass is 9.96.